The van der Waals surface area contributed by atoms with Crippen LogP contribution in [0, 0.1) is 0 Å². The van der Waals surface area contributed by atoms with Gasteiger partial charge in [-0.05, 0) is 24.3 Å². The number of nitrogens with two attached hydrogens (primary N) is 1. The minimum Gasteiger partial charge on any atom is -0.872 e. The van der Waals surface area contributed by atoms with Gasteiger partial charge in [-0.25, -0.2) is 9.78 Å². The number of carboxylic acids is 1. The fraction of sp³-hybridized carbons (Fsp3) is 0. The second-order valence-electron chi connectivity index (χ2n) is 3.32. The number of carbonyl (C=O) groups is 1. The molecule has 0 bridgehead atoms. The first-order valence-electron chi connectivity index (χ1n) is 4.95. The zero-order valence-corrected chi connectivity index (χ0v) is 9.33. The summed E-state index contributed by atoms with van der Waals surface area (Å²) in [5, 5.41) is 27.8. The molecule has 1 aromatic heterocycles. The molecule has 2 aromatic rings. The fourth-order valence-corrected chi connectivity index (χ4v) is 1.10. The number of hydrogen-bond acceptors (Lipinski definition) is 4. The van der Waals surface area contributed by atoms with Gasteiger partial charge in [-0.15, -0.1) is 0 Å². The van der Waals surface area contributed by atoms with Crippen molar-refractivity contribution in [1.82, 2.24) is 0 Å². The van der Waals surface area contributed by atoms with Crippen LogP contribution in [0.15, 0.2) is 42.7 Å². The number of rotatable bonds is 1. The van der Waals surface area contributed by atoms with Crippen molar-refractivity contribution in [3.63, 3.8) is 0 Å². The standard InChI is InChI=1S/C7H7NO3.C5H5NO/c8-4-1-2-5(7(10)11)6(9)3-4;7-5-2-1-3-6-4-5/h1-3,9H,8H2,(H,10,11);1-4,7H. The van der Waals surface area contributed by atoms with Crippen LogP contribution in [-0.2, 0) is 0 Å². The van der Waals surface area contributed by atoms with Crippen molar-refractivity contribution in [2.45, 2.75) is 0 Å². The lowest BCUT2D eigenvalue weighted by Crippen LogP contribution is -2.04. The van der Waals surface area contributed by atoms with E-state index in [1.165, 1.54) is 18.3 Å². The highest BCUT2D eigenvalue weighted by molar-refractivity contribution is 5.91. The quantitative estimate of drug-likeness (QED) is 0.624. The molecule has 0 amide bonds. The Balaban J connectivity index is 0.000000199. The van der Waals surface area contributed by atoms with Crippen molar-refractivity contribution in [2.24, 2.45) is 0 Å². The van der Waals surface area contributed by atoms with Crippen LogP contribution < -0.4 is 15.8 Å². The van der Waals surface area contributed by atoms with Crippen molar-refractivity contribution in [3.8, 4) is 11.5 Å². The van der Waals surface area contributed by atoms with E-state index >= 15 is 0 Å². The molecule has 0 spiro atoms. The van der Waals surface area contributed by atoms with Crippen LogP contribution in [0.5, 0.6) is 11.5 Å². The van der Waals surface area contributed by atoms with Crippen molar-refractivity contribution < 1.29 is 25.1 Å². The average Bonchev–Trinajstić information content (AvgIpc) is 2.30. The summed E-state index contributed by atoms with van der Waals surface area (Å²) in [6.45, 7) is 0. The molecule has 0 aliphatic heterocycles. The lowest BCUT2D eigenvalue weighted by atomic mass is 10.2. The number of hydrogen-bond donors (Lipinski definition) is 3. The van der Waals surface area contributed by atoms with E-state index in [0.717, 1.165) is 6.07 Å². The van der Waals surface area contributed by atoms with E-state index in [4.69, 9.17) is 15.9 Å². The van der Waals surface area contributed by atoms with E-state index in [2.05, 4.69) is 4.98 Å². The second kappa shape index (κ2) is 6.09. The number of nitrogens with one attached hydrogen (secondary N) is 1. The lowest BCUT2D eigenvalue weighted by Gasteiger charge is -2.09. The summed E-state index contributed by atoms with van der Waals surface area (Å²) in [6, 6.07) is 7.00. The summed E-state index contributed by atoms with van der Waals surface area (Å²) >= 11 is 0. The average molecular weight is 248 g/mol. The molecule has 94 valence electrons. The Morgan fingerprint density at radius 1 is 1.33 bits per heavy atom. The smallest absolute Gasteiger partial charge is 0.335 e. The van der Waals surface area contributed by atoms with Crippen molar-refractivity contribution in [3.05, 3.63) is 48.3 Å². The highest BCUT2D eigenvalue weighted by atomic mass is 16.4. The Kier molecular flexibility index (Phi) is 4.50. The number of carboxylic acid groups (broad SMARTS) is 1. The van der Waals surface area contributed by atoms with Crippen LogP contribution in [0.3, 0.4) is 0 Å². The Bertz CT molecular complexity index is 529. The Labute approximate surface area is 103 Å². The van der Waals surface area contributed by atoms with Gasteiger partial charge in [0.25, 0.3) is 0 Å². The zero-order chi connectivity index (χ0) is 13.5. The van der Waals surface area contributed by atoms with Gasteiger partial charge in [-0.2, -0.15) is 0 Å². The van der Waals surface area contributed by atoms with Crippen LogP contribution in [0.1, 0.15) is 10.4 Å². The first kappa shape index (κ1) is 13.3. The predicted octanol–water partition coefficient (Wildman–Crippen LogP) is 0.247. The normalized spacial score (nSPS) is 9.11. The molecule has 0 fully saturated rings. The molecule has 6 nitrogen and oxygen atoms in total. The molecule has 0 aliphatic rings. The maximum absolute atomic E-state index is 10.8. The minimum absolute atomic E-state index is 0.251. The van der Waals surface area contributed by atoms with Gasteiger partial charge in [-0.1, -0.05) is 5.75 Å². The molecule has 5 N–H and O–H groups in total. The molecule has 0 radical (unpaired) electrons. The highest BCUT2D eigenvalue weighted by Gasteiger charge is 2.01. The summed E-state index contributed by atoms with van der Waals surface area (Å²) < 4.78 is 0. The van der Waals surface area contributed by atoms with E-state index in [9.17, 15) is 9.90 Å². The third-order valence-electron chi connectivity index (χ3n) is 1.93. The number of aromatic nitrogens is 1. The monoisotopic (exact) mass is 248 g/mol. The molecule has 18 heavy (non-hydrogen) atoms. The molecule has 2 rings (SSSR count). The third kappa shape index (κ3) is 4.01. The summed E-state index contributed by atoms with van der Waals surface area (Å²) in [7, 11) is 0. The lowest BCUT2D eigenvalue weighted by molar-refractivity contribution is -0.379. The topological polar surface area (TPSA) is 121 Å². The van der Waals surface area contributed by atoms with Crippen molar-refractivity contribution in [1.29, 1.82) is 0 Å². The molecule has 0 aliphatic carbocycles. The van der Waals surface area contributed by atoms with Gasteiger partial charge in [-0.3, -0.25) is 0 Å². The van der Waals surface area contributed by atoms with Crippen LogP contribution >= 0.6 is 0 Å². The van der Waals surface area contributed by atoms with Gasteiger partial charge in [0, 0.05) is 11.8 Å². The Morgan fingerprint density at radius 3 is 2.44 bits per heavy atom. The third-order valence-corrected chi connectivity index (χ3v) is 1.93. The molecule has 1 aromatic carbocycles. The fourth-order valence-electron chi connectivity index (χ4n) is 1.10. The summed E-state index contributed by atoms with van der Waals surface area (Å²) in [5.41, 5.74) is 5.26. The van der Waals surface area contributed by atoms with E-state index in [-0.39, 0.29) is 17.0 Å². The Morgan fingerprint density at radius 2 is 2.06 bits per heavy atom. The summed E-state index contributed by atoms with van der Waals surface area (Å²) in [6.07, 6.45) is 3.25. The number of H-pyrrole nitrogens is 1. The molecular weight excluding hydrogens is 236 g/mol. The van der Waals surface area contributed by atoms with Crippen LogP contribution in [0.4, 0.5) is 5.69 Å². The van der Waals surface area contributed by atoms with Crippen LogP contribution in [0.25, 0.3) is 0 Å². The van der Waals surface area contributed by atoms with E-state index < -0.39 is 11.7 Å². The van der Waals surface area contributed by atoms with Gasteiger partial charge in [0.15, 0.2) is 11.9 Å². The second-order valence-corrected chi connectivity index (χ2v) is 3.32. The number of benzene rings is 1. The van der Waals surface area contributed by atoms with Gasteiger partial charge in [0.2, 0.25) is 6.20 Å². The van der Waals surface area contributed by atoms with Gasteiger partial charge < -0.3 is 21.1 Å². The number of nitrogen functional groups attached to an aromatic ring is 1. The molecule has 0 saturated carbocycles. The highest BCUT2D eigenvalue weighted by Crippen LogP contribution is 2.16. The molecular formula is C12H12N2O4. The van der Waals surface area contributed by atoms with Crippen molar-refractivity contribution in [2.75, 3.05) is 5.73 Å². The number of aromatic hydroxyl groups is 1. The number of pyridine rings is 1. The number of aromatic amines is 1. The summed E-state index contributed by atoms with van der Waals surface area (Å²) in [4.78, 5) is 13.0. The predicted molar refractivity (Wildman–Crippen MR) is 61.9 cm³/mol. The molecule has 0 saturated heterocycles. The Hall–Kier alpha value is -2.76. The number of aromatic carboxylic acids is 1. The number of anilines is 1. The molecule has 6 heteroatoms. The maximum Gasteiger partial charge on any atom is 0.335 e. The molecule has 1 heterocycles. The molecule has 0 atom stereocenters. The zero-order valence-electron chi connectivity index (χ0n) is 9.33. The van der Waals surface area contributed by atoms with Crippen LogP contribution in [0.2, 0.25) is 0 Å². The first-order valence-corrected chi connectivity index (χ1v) is 4.95. The first-order chi connectivity index (χ1) is 8.50. The molecule has 0 unspecified atom stereocenters. The van der Waals surface area contributed by atoms with Gasteiger partial charge >= 0.3 is 5.97 Å². The minimum atomic E-state index is -1.23. The van der Waals surface area contributed by atoms with E-state index in [1.54, 1.807) is 18.3 Å². The van der Waals surface area contributed by atoms with E-state index in [0.29, 0.717) is 0 Å². The van der Waals surface area contributed by atoms with Crippen LogP contribution in [-0.4, -0.2) is 16.2 Å². The SMILES string of the molecule is Nc1ccc(C(=O)O)c([O-])c1.Oc1ccc[nH+]c1. The largest absolute Gasteiger partial charge is 0.872 e. The van der Waals surface area contributed by atoms with Gasteiger partial charge in [0.1, 0.15) is 0 Å². The van der Waals surface area contributed by atoms with E-state index in [1.807, 2.05) is 0 Å². The maximum atomic E-state index is 10.8. The van der Waals surface area contributed by atoms with Gasteiger partial charge in [0.05, 0.1) is 5.56 Å². The summed E-state index contributed by atoms with van der Waals surface area (Å²) in [5.74, 6) is -1.52. The van der Waals surface area contributed by atoms with Crippen molar-refractivity contribution >= 4 is 11.7 Å².